The van der Waals surface area contributed by atoms with Crippen LogP contribution >= 0.6 is 11.6 Å². The van der Waals surface area contributed by atoms with Crippen LogP contribution in [-0.4, -0.2) is 16.8 Å². The molecule has 1 heterocycles. The van der Waals surface area contributed by atoms with Gasteiger partial charge in [-0.3, -0.25) is 4.68 Å². The molecule has 0 aliphatic rings. The van der Waals surface area contributed by atoms with Gasteiger partial charge in [-0.15, -0.1) is 0 Å². The van der Waals surface area contributed by atoms with Crippen LogP contribution in [-0.2, 0) is 20.0 Å². The van der Waals surface area contributed by atoms with Gasteiger partial charge >= 0.3 is 0 Å². The highest BCUT2D eigenvalue weighted by Crippen LogP contribution is 2.29. The van der Waals surface area contributed by atoms with Gasteiger partial charge in [0, 0.05) is 30.4 Å². The lowest BCUT2D eigenvalue weighted by Gasteiger charge is -2.09. The van der Waals surface area contributed by atoms with Gasteiger partial charge < -0.3 is 5.32 Å². The summed E-state index contributed by atoms with van der Waals surface area (Å²) in [4.78, 5) is 0. The normalized spacial score (nSPS) is 10.9. The van der Waals surface area contributed by atoms with E-state index in [1.807, 2.05) is 30.9 Å². The predicted molar refractivity (Wildman–Crippen MR) is 75.8 cm³/mol. The number of aryl methyl sites for hydroxylation is 2. The summed E-state index contributed by atoms with van der Waals surface area (Å²) in [5.74, 6) is 0. The Kier molecular flexibility index (Phi) is 4.04. The van der Waals surface area contributed by atoms with Gasteiger partial charge in [-0.25, -0.2) is 0 Å². The first-order valence-corrected chi connectivity index (χ1v) is 6.49. The van der Waals surface area contributed by atoms with Crippen molar-refractivity contribution < 1.29 is 0 Å². The Morgan fingerprint density at radius 3 is 2.78 bits per heavy atom. The lowest BCUT2D eigenvalue weighted by atomic mass is 9.99. The summed E-state index contributed by atoms with van der Waals surface area (Å²) in [5, 5.41) is 8.44. The van der Waals surface area contributed by atoms with Crippen LogP contribution < -0.4 is 5.32 Å². The van der Waals surface area contributed by atoms with Crippen molar-refractivity contribution in [3.63, 3.8) is 0 Å². The van der Waals surface area contributed by atoms with Gasteiger partial charge in [-0.05, 0) is 36.7 Å². The molecule has 0 spiro atoms. The molecule has 1 aromatic carbocycles. The molecule has 4 heteroatoms. The summed E-state index contributed by atoms with van der Waals surface area (Å²) in [6, 6.07) is 6.02. The SMILES string of the molecule is CCc1nn(C)cc1-c1cc(Cl)ccc1CNC. The molecule has 0 bridgehead atoms. The van der Waals surface area contributed by atoms with Gasteiger partial charge in [0.25, 0.3) is 0 Å². The van der Waals surface area contributed by atoms with Crippen molar-refractivity contribution in [2.45, 2.75) is 19.9 Å². The number of rotatable bonds is 4. The van der Waals surface area contributed by atoms with Crippen molar-refractivity contribution in [1.82, 2.24) is 15.1 Å². The Bertz CT molecular complexity index is 546. The van der Waals surface area contributed by atoms with E-state index < -0.39 is 0 Å². The molecule has 0 unspecified atom stereocenters. The van der Waals surface area contributed by atoms with Crippen LogP contribution in [0.4, 0.5) is 0 Å². The molecule has 1 aromatic heterocycles. The van der Waals surface area contributed by atoms with Gasteiger partial charge in [0.2, 0.25) is 0 Å². The fourth-order valence-corrected chi connectivity index (χ4v) is 2.34. The van der Waals surface area contributed by atoms with E-state index >= 15 is 0 Å². The van der Waals surface area contributed by atoms with E-state index in [-0.39, 0.29) is 0 Å². The van der Waals surface area contributed by atoms with Crippen molar-refractivity contribution >= 4 is 11.6 Å². The zero-order valence-electron chi connectivity index (χ0n) is 11.0. The number of halogens is 1. The second kappa shape index (κ2) is 5.55. The number of nitrogens with zero attached hydrogens (tertiary/aromatic N) is 2. The molecule has 0 aliphatic carbocycles. The molecule has 1 N–H and O–H groups in total. The maximum Gasteiger partial charge on any atom is 0.0700 e. The highest BCUT2D eigenvalue weighted by atomic mass is 35.5. The number of aromatic nitrogens is 2. The van der Waals surface area contributed by atoms with Crippen LogP contribution in [0.5, 0.6) is 0 Å². The van der Waals surface area contributed by atoms with E-state index in [1.54, 1.807) is 0 Å². The molecule has 0 fully saturated rings. The average molecular weight is 264 g/mol. The molecule has 3 nitrogen and oxygen atoms in total. The lowest BCUT2D eigenvalue weighted by Crippen LogP contribution is -2.06. The Balaban J connectivity index is 2.57. The summed E-state index contributed by atoms with van der Waals surface area (Å²) >= 11 is 6.12. The maximum absolute atomic E-state index is 6.12. The third-order valence-corrected chi connectivity index (χ3v) is 3.20. The largest absolute Gasteiger partial charge is 0.316 e. The minimum absolute atomic E-state index is 0.760. The Morgan fingerprint density at radius 2 is 2.11 bits per heavy atom. The van der Waals surface area contributed by atoms with Crippen molar-refractivity contribution in [2.24, 2.45) is 7.05 Å². The molecule has 2 aromatic rings. The Hall–Kier alpha value is -1.32. The average Bonchev–Trinajstić information content (AvgIpc) is 2.73. The molecule has 96 valence electrons. The predicted octanol–water partition coefficient (Wildman–Crippen LogP) is 3.02. The molecule has 0 saturated heterocycles. The molecular weight excluding hydrogens is 246 g/mol. The van der Waals surface area contributed by atoms with Gasteiger partial charge in [-0.1, -0.05) is 24.6 Å². The second-order valence-corrected chi connectivity index (χ2v) is 4.78. The summed E-state index contributed by atoms with van der Waals surface area (Å²) in [6.07, 6.45) is 2.98. The minimum atomic E-state index is 0.760. The van der Waals surface area contributed by atoms with E-state index in [2.05, 4.69) is 29.6 Å². The first kappa shape index (κ1) is 13.1. The van der Waals surface area contributed by atoms with E-state index in [4.69, 9.17) is 11.6 Å². The molecular formula is C14H18ClN3. The quantitative estimate of drug-likeness (QED) is 0.919. The molecule has 2 rings (SSSR count). The number of hydrogen-bond acceptors (Lipinski definition) is 2. The summed E-state index contributed by atoms with van der Waals surface area (Å²) in [6.45, 7) is 2.94. The van der Waals surface area contributed by atoms with E-state index in [0.717, 1.165) is 23.7 Å². The van der Waals surface area contributed by atoms with Crippen molar-refractivity contribution in [1.29, 1.82) is 0 Å². The van der Waals surface area contributed by atoms with Crippen LogP contribution in [0.25, 0.3) is 11.1 Å². The van der Waals surface area contributed by atoms with Gasteiger partial charge in [0.05, 0.1) is 5.69 Å². The number of hydrogen-bond donors (Lipinski definition) is 1. The topological polar surface area (TPSA) is 29.9 Å². The summed E-state index contributed by atoms with van der Waals surface area (Å²) in [5.41, 5.74) is 4.69. The summed E-state index contributed by atoms with van der Waals surface area (Å²) in [7, 11) is 3.90. The second-order valence-electron chi connectivity index (χ2n) is 4.35. The monoisotopic (exact) mass is 263 g/mol. The summed E-state index contributed by atoms with van der Waals surface area (Å²) < 4.78 is 1.86. The molecule has 0 aliphatic heterocycles. The number of nitrogens with one attached hydrogen (secondary N) is 1. The van der Waals surface area contributed by atoms with Crippen LogP contribution in [0.15, 0.2) is 24.4 Å². The molecule has 0 amide bonds. The highest BCUT2D eigenvalue weighted by molar-refractivity contribution is 6.30. The van der Waals surface area contributed by atoms with Crippen LogP contribution in [0.1, 0.15) is 18.2 Å². The van der Waals surface area contributed by atoms with Crippen LogP contribution in [0.3, 0.4) is 0 Å². The molecule has 0 atom stereocenters. The van der Waals surface area contributed by atoms with Crippen LogP contribution in [0, 0.1) is 0 Å². The first-order chi connectivity index (χ1) is 8.65. The Morgan fingerprint density at radius 1 is 1.33 bits per heavy atom. The third kappa shape index (κ3) is 2.57. The maximum atomic E-state index is 6.12. The van der Waals surface area contributed by atoms with Gasteiger partial charge in [-0.2, -0.15) is 5.10 Å². The molecule has 0 saturated carbocycles. The van der Waals surface area contributed by atoms with Crippen LogP contribution in [0.2, 0.25) is 5.02 Å². The van der Waals surface area contributed by atoms with E-state index in [1.165, 1.54) is 16.7 Å². The first-order valence-electron chi connectivity index (χ1n) is 6.11. The highest BCUT2D eigenvalue weighted by Gasteiger charge is 2.12. The fraction of sp³-hybridized carbons (Fsp3) is 0.357. The van der Waals surface area contributed by atoms with Crippen molar-refractivity contribution in [3.8, 4) is 11.1 Å². The van der Waals surface area contributed by atoms with Crippen molar-refractivity contribution in [2.75, 3.05) is 7.05 Å². The van der Waals surface area contributed by atoms with E-state index in [9.17, 15) is 0 Å². The standard InChI is InChI=1S/C14H18ClN3/c1-4-14-13(9-18(3)17-14)12-7-11(15)6-5-10(12)8-16-2/h5-7,9,16H,4,8H2,1-3H3. The van der Waals surface area contributed by atoms with E-state index in [0.29, 0.717) is 0 Å². The third-order valence-electron chi connectivity index (χ3n) is 2.97. The Labute approximate surface area is 113 Å². The van der Waals surface area contributed by atoms with Gasteiger partial charge in [0.15, 0.2) is 0 Å². The minimum Gasteiger partial charge on any atom is -0.316 e. The smallest absolute Gasteiger partial charge is 0.0700 e. The number of benzene rings is 1. The zero-order valence-corrected chi connectivity index (χ0v) is 11.8. The molecule has 0 radical (unpaired) electrons. The van der Waals surface area contributed by atoms with Gasteiger partial charge in [0.1, 0.15) is 0 Å². The fourth-order valence-electron chi connectivity index (χ4n) is 2.16. The zero-order chi connectivity index (χ0) is 13.1. The van der Waals surface area contributed by atoms with Crippen molar-refractivity contribution in [3.05, 3.63) is 40.7 Å². The lowest BCUT2D eigenvalue weighted by molar-refractivity contribution is 0.746. The molecule has 18 heavy (non-hydrogen) atoms.